The molecule has 0 aromatic heterocycles. The Morgan fingerprint density at radius 3 is 2.32 bits per heavy atom. The molecule has 2 aromatic rings. The molecule has 146 valence electrons. The molecule has 0 atom stereocenters. The summed E-state index contributed by atoms with van der Waals surface area (Å²) in [7, 11) is 0. The summed E-state index contributed by atoms with van der Waals surface area (Å²) in [6.45, 7) is 4.86. The van der Waals surface area contributed by atoms with Gasteiger partial charge in [0.05, 0.1) is 6.42 Å². The standard InChI is InChI=1S/C20H21ClN4O3/c1-12(11-19(27)23-18-6-4-5-17(21)13(18)2)24-25-20(28)15-7-9-16(10-8-15)22-14(3)26/h4-10H,11H2,1-3H3,(H,22,26)(H,23,27)(H,25,28)/b24-12+. The highest BCUT2D eigenvalue weighted by Gasteiger charge is 2.09. The molecule has 28 heavy (non-hydrogen) atoms. The van der Waals surface area contributed by atoms with Crippen LogP contribution in [0.4, 0.5) is 11.4 Å². The van der Waals surface area contributed by atoms with Gasteiger partial charge in [-0.15, -0.1) is 0 Å². The van der Waals surface area contributed by atoms with Crippen molar-refractivity contribution in [2.45, 2.75) is 27.2 Å². The summed E-state index contributed by atoms with van der Waals surface area (Å²) in [5.41, 5.74) is 5.24. The van der Waals surface area contributed by atoms with E-state index in [0.717, 1.165) is 5.56 Å². The highest BCUT2D eigenvalue weighted by molar-refractivity contribution is 6.31. The average molecular weight is 401 g/mol. The normalized spacial score (nSPS) is 10.9. The van der Waals surface area contributed by atoms with Gasteiger partial charge < -0.3 is 10.6 Å². The van der Waals surface area contributed by atoms with Crippen LogP contribution in [0.5, 0.6) is 0 Å². The Labute approximate surface area is 168 Å². The van der Waals surface area contributed by atoms with Crippen LogP contribution in [0.1, 0.15) is 36.2 Å². The van der Waals surface area contributed by atoms with Crippen LogP contribution in [0.3, 0.4) is 0 Å². The predicted molar refractivity (Wildman–Crippen MR) is 111 cm³/mol. The molecule has 0 bridgehead atoms. The molecule has 0 heterocycles. The molecule has 0 spiro atoms. The molecule has 2 aromatic carbocycles. The first-order chi connectivity index (χ1) is 13.3. The van der Waals surface area contributed by atoms with Crippen molar-refractivity contribution in [3.05, 3.63) is 58.6 Å². The predicted octanol–water partition coefficient (Wildman–Crippen LogP) is 3.74. The van der Waals surface area contributed by atoms with E-state index in [1.54, 1.807) is 49.4 Å². The lowest BCUT2D eigenvalue weighted by atomic mass is 10.2. The van der Waals surface area contributed by atoms with Gasteiger partial charge in [-0.25, -0.2) is 5.43 Å². The second-order valence-electron chi connectivity index (χ2n) is 6.18. The zero-order chi connectivity index (χ0) is 20.7. The lowest BCUT2D eigenvalue weighted by Gasteiger charge is -2.09. The number of nitrogens with zero attached hydrogens (tertiary/aromatic N) is 1. The number of halogens is 1. The second kappa shape index (κ2) is 9.66. The minimum Gasteiger partial charge on any atom is -0.326 e. The van der Waals surface area contributed by atoms with Crippen molar-refractivity contribution in [3.63, 3.8) is 0 Å². The Morgan fingerprint density at radius 1 is 1.00 bits per heavy atom. The van der Waals surface area contributed by atoms with Crippen molar-refractivity contribution >= 4 is 46.4 Å². The van der Waals surface area contributed by atoms with E-state index < -0.39 is 5.91 Å². The van der Waals surface area contributed by atoms with Crippen molar-refractivity contribution < 1.29 is 14.4 Å². The van der Waals surface area contributed by atoms with Gasteiger partial charge in [0.25, 0.3) is 5.91 Å². The number of nitrogens with one attached hydrogen (secondary N) is 3. The van der Waals surface area contributed by atoms with E-state index in [1.165, 1.54) is 6.92 Å². The van der Waals surface area contributed by atoms with Gasteiger partial charge in [-0.1, -0.05) is 17.7 Å². The van der Waals surface area contributed by atoms with Gasteiger partial charge in [0, 0.05) is 34.6 Å². The van der Waals surface area contributed by atoms with Gasteiger partial charge in [0.2, 0.25) is 11.8 Å². The molecule has 0 aliphatic heterocycles. The van der Waals surface area contributed by atoms with E-state index in [9.17, 15) is 14.4 Å². The molecule has 0 saturated carbocycles. The van der Waals surface area contributed by atoms with Crippen LogP contribution in [0.2, 0.25) is 5.02 Å². The highest BCUT2D eigenvalue weighted by atomic mass is 35.5. The lowest BCUT2D eigenvalue weighted by Crippen LogP contribution is -2.21. The first kappa shape index (κ1) is 21.1. The van der Waals surface area contributed by atoms with Gasteiger partial charge in [-0.2, -0.15) is 5.10 Å². The van der Waals surface area contributed by atoms with Gasteiger partial charge >= 0.3 is 0 Å². The summed E-state index contributed by atoms with van der Waals surface area (Å²) in [5, 5.41) is 9.91. The zero-order valence-corrected chi connectivity index (χ0v) is 16.6. The van der Waals surface area contributed by atoms with Crippen LogP contribution in [0.25, 0.3) is 0 Å². The Balaban J connectivity index is 1.90. The topological polar surface area (TPSA) is 99.7 Å². The number of hydrogen-bond donors (Lipinski definition) is 3. The monoisotopic (exact) mass is 400 g/mol. The maximum absolute atomic E-state index is 12.1. The number of benzene rings is 2. The maximum Gasteiger partial charge on any atom is 0.271 e. The Morgan fingerprint density at radius 2 is 1.68 bits per heavy atom. The smallest absolute Gasteiger partial charge is 0.271 e. The van der Waals surface area contributed by atoms with Gasteiger partial charge in [-0.3, -0.25) is 14.4 Å². The third-order valence-electron chi connectivity index (χ3n) is 3.77. The van der Waals surface area contributed by atoms with Crippen molar-refractivity contribution in [1.82, 2.24) is 5.43 Å². The zero-order valence-electron chi connectivity index (χ0n) is 15.8. The fourth-order valence-corrected chi connectivity index (χ4v) is 2.50. The number of carbonyl (C=O) groups is 3. The van der Waals surface area contributed by atoms with Crippen molar-refractivity contribution in [2.75, 3.05) is 10.6 Å². The molecular formula is C20H21ClN4O3. The fourth-order valence-electron chi connectivity index (χ4n) is 2.33. The number of amides is 3. The highest BCUT2D eigenvalue weighted by Crippen LogP contribution is 2.23. The van der Waals surface area contributed by atoms with Gasteiger partial charge in [0.15, 0.2) is 0 Å². The van der Waals surface area contributed by atoms with Crippen molar-refractivity contribution in [2.24, 2.45) is 5.10 Å². The van der Waals surface area contributed by atoms with E-state index in [4.69, 9.17) is 11.6 Å². The third-order valence-corrected chi connectivity index (χ3v) is 4.18. The van der Waals surface area contributed by atoms with Gasteiger partial charge in [-0.05, 0) is 55.8 Å². The van der Waals surface area contributed by atoms with E-state index in [-0.39, 0.29) is 18.2 Å². The summed E-state index contributed by atoms with van der Waals surface area (Å²) < 4.78 is 0. The third kappa shape index (κ3) is 6.21. The first-order valence-corrected chi connectivity index (χ1v) is 8.90. The number of anilines is 2. The molecule has 0 aliphatic carbocycles. The summed E-state index contributed by atoms with van der Waals surface area (Å²) in [6, 6.07) is 11.6. The molecule has 3 amide bonds. The van der Waals surface area contributed by atoms with Crippen LogP contribution < -0.4 is 16.1 Å². The fraction of sp³-hybridized carbons (Fsp3) is 0.200. The number of rotatable bonds is 6. The van der Waals surface area contributed by atoms with E-state index in [2.05, 4.69) is 21.2 Å². The number of hydrogen-bond acceptors (Lipinski definition) is 4. The molecule has 3 N–H and O–H groups in total. The van der Waals surface area contributed by atoms with E-state index in [0.29, 0.717) is 27.7 Å². The quantitative estimate of drug-likeness (QED) is 0.508. The minimum absolute atomic E-state index is 0.0215. The molecule has 0 unspecified atom stereocenters. The largest absolute Gasteiger partial charge is 0.326 e. The molecule has 0 aliphatic rings. The molecular weight excluding hydrogens is 380 g/mol. The summed E-state index contributed by atoms with van der Waals surface area (Å²) in [4.78, 5) is 35.3. The Bertz CT molecular complexity index is 924. The minimum atomic E-state index is -0.417. The van der Waals surface area contributed by atoms with Crippen LogP contribution in [-0.4, -0.2) is 23.4 Å². The van der Waals surface area contributed by atoms with E-state index >= 15 is 0 Å². The maximum atomic E-state index is 12.1. The van der Waals surface area contributed by atoms with Crippen molar-refractivity contribution in [1.29, 1.82) is 0 Å². The number of carbonyl (C=O) groups excluding carboxylic acids is 3. The van der Waals surface area contributed by atoms with Crippen LogP contribution in [-0.2, 0) is 9.59 Å². The summed E-state index contributed by atoms with van der Waals surface area (Å²) >= 11 is 6.04. The molecule has 2 rings (SSSR count). The molecule has 0 radical (unpaired) electrons. The van der Waals surface area contributed by atoms with Crippen LogP contribution >= 0.6 is 11.6 Å². The summed E-state index contributed by atoms with van der Waals surface area (Å²) in [6.07, 6.45) is 0.0215. The molecule has 8 heteroatoms. The lowest BCUT2D eigenvalue weighted by molar-refractivity contribution is -0.115. The SMILES string of the molecule is CC(=O)Nc1ccc(C(=O)N/N=C(\C)CC(=O)Nc2cccc(Cl)c2C)cc1. The average Bonchev–Trinajstić information content (AvgIpc) is 2.63. The summed E-state index contributed by atoms with van der Waals surface area (Å²) in [5.74, 6) is -0.871. The van der Waals surface area contributed by atoms with E-state index in [1.807, 2.05) is 6.92 Å². The van der Waals surface area contributed by atoms with Crippen molar-refractivity contribution in [3.8, 4) is 0 Å². The van der Waals surface area contributed by atoms with Crippen LogP contribution in [0, 0.1) is 6.92 Å². The molecule has 0 fully saturated rings. The molecule has 7 nitrogen and oxygen atoms in total. The first-order valence-electron chi connectivity index (χ1n) is 8.52. The second-order valence-corrected chi connectivity index (χ2v) is 6.59. The number of hydrazone groups is 1. The van der Waals surface area contributed by atoms with Gasteiger partial charge in [0.1, 0.15) is 0 Å². The molecule has 0 saturated heterocycles. The van der Waals surface area contributed by atoms with Crippen LogP contribution in [0.15, 0.2) is 47.6 Å². The Hall–Kier alpha value is -3.19. The Kier molecular flexibility index (Phi) is 7.28.